The smallest absolute Gasteiger partial charge is 0.243 e. The van der Waals surface area contributed by atoms with Crippen molar-refractivity contribution in [3.8, 4) is 5.75 Å². The van der Waals surface area contributed by atoms with E-state index in [2.05, 4.69) is 20.8 Å². The van der Waals surface area contributed by atoms with Crippen molar-refractivity contribution in [2.75, 3.05) is 44.7 Å². The Kier molecular flexibility index (Phi) is 8.10. The number of methoxy groups -OCH3 is 1. The van der Waals surface area contributed by atoms with E-state index in [9.17, 15) is 13.2 Å². The average molecular weight is 558 g/mol. The number of carbonyl (C=O) groups is 1. The Morgan fingerprint density at radius 3 is 2.14 bits per heavy atom. The van der Waals surface area contributed by atoms with Crippen molar-refractivity contribution in [2.45, 2.75) is 11.4 Å². The van der Waals surface area contributed by atoms with Crippen molar-refractivity contribution in [2.24, 2.45) is 0 Å². The molecule has 1 fully saturated rings. The number of hydrogen-bond acceptors (Lipinski definition) is 5. The SMILES string of the molecule is COc1ccc(N2CCN(C(=O)CN(Cc3ccc(Br)cc3)S(=O)(=O)c3ccccc3)CC2)cc1. The van der Waals surface area contributed by atoms with E-state index in [4.69, 9.17) is 4.74 Å². The summed E-state index contributed by atoms with van der Waals surface area (Å²) in [5.41, 5.74) is 1.88. The van der Waals surface area contributed by atoms with Gasteiger partial charge >= 0.3 is 0 Å². The highest BCUT2D eigenvalue weighted by Gasteiger charge is 2.30. The van der Waals surface area contributed by atoms with E-state index < -0.39 is 10.0 Å². The van der Waals surface area contributed by atoms with Crippen LogP contribution in [0.2, 0.25) is 0 Å². The molecule has 0 N–H and O–H groups in total. The van der Waals surface area contributed by atoms with Gasteiger partial charge in [0, 0.05) is 42.9 Å². The predicted molar refractivity (Wildman–Crippen MR) is 140 cm³/mol. The lowest BCUT2D eigenvalue weighted by Crippen LogP contribution is -2.51. The van der Waals surface area contributed by atoms with Crippen molar-refractivity contribution in [1.29, 1.82) is 0 Å². The van der Waals surface area contributed by atoms with E-state index in [1.165, 1.54) is 4.31 Å². The minimum absolute atomic E-state index is 0.113. The highest BCUT2D eigenvalue weighted by Crippen LogP contribution is 2.22. The maximum absolute atomic E-state index is 13.4. The first-order valence-corrected chi connectivity index (χ1v) is 13.6. The first kappa shape index (κ1) is 25.2. The molecular weight excluding hydrogens is 530 g/mol. The third kappa shape index (κ3) is 6.22. The highest BCUT2D eigenvalue weighted by molar-refractivity contribution is 9.10. The van der Waals surface area contributed by atoms with Gasteiger partial charge in [0.2, 0.25) is 15.9 Å². The van der Waals surface area contributed by atoms with Crippen LogP contribution in [0.4, 0.5) is 5.69 Å². The van der Waals surface area contributed by atoms with Crippen molar-refractivity contribution in [3.63, 3.8) is 0 Å². The number of anilines is 1. The summed E-state index contributed by atoms with van der Waals surface area (Å²) >= 11 is 3.41. The van der Waals surface area contributed by atoms with E-state index in [0.29, 0.717) is 26.2 Å². The number of carbonyl (C=O) groups excluding carboxylic acids is 1. The zero-order chi connectivity index (χ0) is 24.8. The van der Waals surface area contributed by atoms with Gasteiger partial charge in [-0.05, 0) is 54.1 Å². The standard InChI is InChI=1S/C26H28BrN3O4S/c1-34-24-13-11-23(12-14-24)28-15-17-29(18-16-28)26(31)20-30(19-21-7-9-22(27)10-8-21)35(32,33)25-5-3-2-4-6-25/h2-14H,15-20H2,1H3. The fraction of sp³-hybridized carbons (Fsp3) is 0.269. The molecule has 0 radical (unpaired) electrons. The molecule has 0 saturated carbocycles. The lowest BCUT2D eigenvalue weighted by molar-refractivity contribution is -0.131. The van der Waals surface area contributed by atoms with Gasteiger partial charge in [0.25, 0.3) is 0 Å². The molecule has 1 heterocycles. The molecule has 0 atom stereocenters. The molecule has 1 aliphatic rings. The summed E-state index contributed by atoms with van der Waals surface area (Å²) in [5, 5.41) is 0. The Morgan fingerprint density at radius 1 is 0.914 bits per heavy atom. The fourth-order valence-corrected chi connectivity index (χ4v) is 5.68. The summed E-state index contributed by atoms with van der Waals surface area (Å²) in [4.78, 5) is 17.4. The van der Waals surface area contributed by atoms with Crippen LogP contribution in [-0.4, -0.2) is 63.4 Å². The predicted octanol–water partition coefficient (Wildman–Crippen LogP) is 4.00. The molecule has 1 aliphatic heterocycles. The number of benzene rings is 3. The van der Waals surface area contributed by atoms with E-state index >= 15 is 0 Å². The van der Waals surface area contributed by atoms with E-state index in [1.807, 2.05) is 48.5 Å². The third-order valence-corrected chi connectivity index (χ3v) is 8.37. The summed E-state index contributed by atoms with van der Waals surface area (Å²) in [7, 11) is -2.22. The maximum atomic E-state index is 13.4. The molecule has 0 aliphatic carbocycles. The van der Waals surface area contributed by atoms with Crippen molar-refractivity contribution >= 4 is 37.5 Å². The summed E-state index contributed by atoms with van der Waals surface area (Å²) in [6, 6.07) is 23.5. The molecule has 9 heteroatoms. The molecule has 0 bridgehead atoms. The molecule has 1 saturated heterocycles. The zero-order valence-electron chi connectivity index (χ0n) is 19.5. The fourth-order valence-electron chi connectivity index (χ4n) is 4.02. The lowest BCUT2D eigenvalue weighted by Gasteiger charge is -2.37. The van der Waals surface area contributed by atoms with Crippen molar-refractivity contribution < 1.29 is 17.9 Å². The molecule has 3 aromatic rings. The normalized spacial score (nSPS) is 14.3. The Balaban J connectivity index is 1.46. The monoisotopic (exact) mass is 557 g/mol. The molecule has 0 aromatic heterocycles. The van der Waals surface area contributed by atoms with Crippen LogP contribution in [0.25, 0.3) is 0 Å². The number of hydrogen-bond donors (Lipinski definition) is 0. The van der Waals surface area contributed by atoms with E-state index in [1.54, 1.807) is 42.3 Å². The largest absolute Gasteiger partial charge is 0.497 e. The average Bonchev–Trinajstić information content (AvgIpc) is 2.90. The van der Waals surface area contributed by atoms with Crippen LogP contribution in [0.3, 0.4) is 0 Å². The second kappa shape index (κ2) is 11.2. The van der Waals surface area contributed by atoms with Gasteiger partial charge in [-0.25, -0.2) is 8.42 Å². The second-order valence-electron chi connectivity index (χ2n) is 8.28. The van der Waals surface area contributed by atoms with Crippen LogP contribution >= 0.6 is 15.9 Å². The van der Waals surface area contributed by atoms with Crippen molar-refractivity contribution in [1.82, 2.24) is 9.21 Å². The number of piperazine rings is 1. The van der Waals surface area contributed by atoms with Crippen LogP contribution < -0.4 is 9.64 Å². The summed E-state index contributed by atoms with van der Waals surface area (Å²) < 4.78 is 34.3. The number of sulfonamides is 1. The minimum Gasteiger partial charge on any atom is -0.497 e. The van der Waals surface area contributed by atoms with Crippen LogP contribution in [-0.2, 0) is 21.4 Å². The number of ether oxygens (including phenoxy) is 1. The Morgan fingerprint density at radius 2 is 1.54 bits per heavy atom. The molecular formula is C26H28BrN3O4S. The zero-order valence-corrected chi connectivity index (χ0v) is 21.9. The van der Waals surface area contributed by atoms with Gasteiger partial charge in [-0.1, -0.05) is 46.3 Å². The Bertz CT molecular complexity index is 1230. The van der Waals surface area contributed by atoms with Gasteiger partial charge in [-0.2, -0.15) is 4.31 Å². The van der Waals surface area contributed by atoms with Gasteiger partial charge in [0.1, 0.15) is 5.75 Å². The Labute approximate surface area is 215 Å². The molecule has 184 valence electrons. The number of nitrogens with zero attached hydrogens (tertiary/aromatic N) is 3. The van der Waals surface area contributed by atoms with Crippen LogP contribution in [0.5, 0.6) is 5.75 Å². The van der Waals surface area contributed by atoms with Crippen LogP contribution in [0.15, 0.2) is 88.2 Å². The topological polar surface area (TPSA) is 70.2 Å². The van der Waals surface area contributed by atoms with Gasteiger partial charge in [-0.3, -0.25) is 4.79 Å². The molecule has 1 amide bonds. The van der Waals surface area contributed by atoms with Gasteiger partial charge in [0.05, 0.1) is 18.6 Å². The van der Waals surface area contributed by atoms with Crippen molar-refractivity contribution in [3.05, 3.63) is 88.9 Å². The first-order chi connectivity index (χ1) is 16.9. The summed E-state index contributed by atoms with van der Waals surface area (Å²) in [6.45, 7) is 2.31. The molecule has 0 unspecified atom stereocenters. The maximum Gasteiger partial charge on any atom is 0.243 e. The van der Waals surface area contributed by atoms with Gasteiger partial charge in [-0.15, -0.1) is 0 Å². The number of rotatable bonds is 8. The van der Waals surface area contributed by atoms with Crippen LogP contribution in [0, 0.1) is 0 Å². The number of halogens is 1. The van der Waals surface area contributed by atoms with E-state index in [0.717, 1.165) is 21.5 Å². The molecule has 35 heavy (non-hydrogen) atoms. The Hall–Kier alpha value is -2.88. The summed E-state index contributed by atoms with van der Waals surface area (Å²) in [5.74, 6) is 0.601. The first-order valence-electron chi connectivity index (χ1n) is 11.3. The summed E-state index contributed by atoms with van der Waals surface area (Å²) in [6.07, 6.45) is 0. The minimum atomic E-state index is -3.85. The quantitative estimate of drug-likeness (QED) is 0.418. The van der Waals surface area contributed by atoms with Gasteiger partial charge < -0.3 is 14.5 Å². The molecule has 7 nitrogen and oxygen atoms in total. The molecule has 3 aromatic carbocycles. The van der Waals surface area contributed by atoms with Crippen LogP contribution in [0.1, 0.15) is 5.56 Å². The third-order valence-electron chi connectivity index (χ3n) is 6.03. The second-order valence-corrected chi connectivity index (χ2v) is 11.1. The number of amides is 1. The highest BCUT2D eigenvalue weighted by atomic mass is 79.9. The lowest BCUT2D eigenvalue weighted by atomic mass is 10.2. The van der Waals surface area contributed by atoms with E-state index in [-0.39, 0.29) is 23.9 Å². The molecule has 4 rings (SSSR count). The molecule has 0 spiro atoms. The van der Waals surface area contributed by atoms with Gasteiger partial charge in [0.15, 0.2) is 0 Å².